The molecule has 0 aliphatic heterocycles. The first-order chi connectivity index (χ1) is 7.11. The van der Waals surface area contributed by atoms with Crippen molar-refractivity contribution in [2.24, 2.45) is 11.7 Å². The van der Waals surface area contributed by atoms with Gasteiger partial charge in [-0.2, -0.15) is 5.26 Å². The lowest BCUT2D eigenvalue weighted by Gasteiger charge is -2.08. The molecule has 0 heterocycles. The Morgan fingerprint density at radius 2 is 2.20 bits per heavy atom. The highest BCUT2D eigenvalue weighted by Gasteiger charge is 2.15. The van der Waals surface area contributed by atoms with E-state index < -0.39 is 5.92 Å². The number of carbonyl (C=O) groups is 2. The lowest BCUT2D eigenvalue weighted by atomic mass is 10.1. The van der Waals surface area contributed by atoms with Crippen LogP contribution < -0.4 is 11.1 Å². The van der Waals surface area contributed by atoms with Gasteiger partial charge in [-0.15, -0.1) is 0 Å². The van der Waals surface area contributed by atoms with Crippen LogP contribution in [0.5, 0.6) is 0 Å². The molecule has 1 unspecified atom stereocenters. The molecule has 0 aromatic carbocycles. The molecule has 2 amide bonds. The number of rotatable bonds is 7. The number of amides is 2. The second-order valence-electron chi connectivity index (χ2n) is 3.33. The Balaban J connectivity index is 3.72. The van der Waals surface area contributed by atoms with E-state index >= 15 is 0 Å². The average molecular weight is 211 g/mol. The molecule has 0 saturated carbocycles. The summed E-state index contributed by atoms with van der Waals surface area (Å²) in [4.78, 5) is 21.8. The summed E-state index contributed by atoms with van der Waals surface area (Å²) in [6.07, 6.45) is 2.14. The molecule has 3 N–H and O–H groups in total. The van der Waals surface area contributed by atoms with Crippen molar-refractivity contribution in [1.82, 2.24) is 5.32 Å². The van der Waals surface area contributed by atoms with Gasteiger partial charge in [0, 0.05) is 13.0 Å². The second kappa shape index (κ2) is 7.80. The fraction of sp³-hybridized carbons (Fsp3) is 0.700. The van der Waals surface area contributed by atoms with Crippen LogP contribution in [0.15, 0.2) is 0 Å². The molecule has 0 aromatic rings. The van der Waals surface area contributed by atoms with Crippen LogP contribution >= 0.6 is 0 Å². The molecule has 0 bridgehead atoms. The highest BCUT2D eigenvalue weighted by molar-refractivity contribution is 5.81. The smallest absolute Gasteiger partial charge is 0.237 e. The Morgan fingerprint density at radius 1 is 1.53 bits per heavy atom. The second-order valence-corrected chi connectivity index (χ2v) is 3.33. The van der Waals surface area contributed by atoms with E-state index in [0.29, 0.717) is 19.4 Å². The van der Waals surface area contributed by atoms with Gasteiger partial charge in [0.1, 0.15) is 5.92 Å². The molecular formula is C10H17N3O2. The maximum Gasteiger partial charge on any atom is 0.237 e. The Hall–Kier alpha value is -1.57. The molecule has 0 fully saturated rings. The van der Waals surface area contributed by atoms with Gasteiger partial charge >= 0.3 is 0 Å². The van der Waals surface area contributed by atoms with Crippen molar-refractivity contribution in [3.63, 3.8) is 0 Å². The molecular weight excluding hydrogens is 194 g/mol. The van der Waals surface area contributed by atoms with Gasteiger partial charge < -0.3 is 11.1 Å². The third-order valence-electron chi connectivity index (χ3n) is 1.95. The van der Waals surface area contributed by atoms with Gasteiger partial charge in [-0.1, -0.05) is 13.3 Å². The van der Waals surface area contributed by atoms with E-state index in [-0.39, 0.29) is 18.2 Å². The van der Waals surface area contributed by atoms with E-state index in [1.54, 1.807) is 0 Å². The monoisotopic (exact) mass is 211 g/mol. The Bertz CT molecular complexity index is 258. The van der Waals surface area contributed by atoms with Crippen molar-refractivity contribution in [3.8, 4) is 6.07 Å². The highest BCUT2D eigenvalue weighted by atomic mass is 16.2. The number of nitriles is 1. The Kier molecular flexibility index (Phi) is 6.98. The quantitative estimate of drug-likeness (QED) is 0.593. The fourth-order valence-electron chi connectivity index (χ4n) is 1.14. The summed E-state index contributed by atoms with van der Waals surface area (Å²) in [6.45, 7) is 2.31. The first kappa shape index (κ1) is 13.4. The molecule has 5 nitrogen and oxygen atoms in total. The van der Waals surface area contributed by atoms with Crippen LogP contribution in [-0.2, 0) is 9.59 Å². The lowest BCUT2D eigenvalue weighted by molar-refractivity contribution is -0.124. The molecule has 15 heavy (non-hydrogen) atoms. The minimum absolute atomic E-state index is 0.255. The summed E-state index contributed by atoms with van der Waals surface area (Å²) in [5.41, 5.74) is 4.94. The molecule has 84 valence electrons. The maximum absolute atomic E-state index is 11.4. The molecule has 5 heteroatoms. The van der Waals surface area contributed by atoms with E-state index in [9.17, 15) is 9.59 Å². The molecule has 0 aromatic heterocycles. The van der Waals surface area contributed by atoms with Crippen LogP contribution in [0, 0.1) is 17.2 Å². The van der Waals surface area contributed by atoms with Crippen LogP contribution in [0.1, 0.15) is 32.6 Å². The molecule has 1 atom stereocenters. The van der Waals surface area contributed by atoms with E-state index in [2.05, 4.69) is 5.32 Å². The molecule has 0 aliphatic rings. The summed E-state index contributed by atoms with van der Waals surface area (Å²) in [7, 11) is 0. The van der Waals surface area contributed by atoms with Crippen molar-refractivity contribution in [2.75, 3.05) is 6.54 Å². The predicted octanol–water partition coefficient (Wildman–Crippen LogP) is 0.308. The summed E-state index contributed by atoms with van der Waals surface area (Å²) < 4.78 is 0. The topological polar surface area (TPSA) is 96.0 Å². The molecule has 0 rings (SSSR count). The minimum atomic E-state index is -0.580. The fourth-order valence-corrected chi connectivity index (χ4v) is 1.14. The van der Waals surface area contributed by atoms with Gasteiger partial charge in [-0.3, -0.25) is 9.59 Å². The number of nitrogens with one attached hydrogen (secondary N) is 1. The number of nitrogens with two attached hydrogens (primary N) is 1. The van der Waals surface area contributed by atoms with Gasteiger partial charge in [0.2, 0.25) is 11.8 Å². The Labute approximate surface area is 89.6 Å². The first-order valence-corrected chi connectivity index (χ1v) is 5.07. The molecule has 0 radical (unpaired) electrons. The van der Waals surface area contributed by atoms with Gasteiger partial charge in [0.15, 0.2) is 0 Å². The third kappa shape index (κ3) is 6.49. The minimum Gasteiger partial charge on any atom is -0.370 e. The van der Waals surface area contributed by atoms with Crippen LogP contribution in [0.2, 0.25) is 0 Å². The largest absolute Gasteiger partial charge is 0.370 e. The highest BCUT2D eigenvalue weighted by Crippen LogP contribution is 2.04. The number of carbonyl (C=O) groups excluding carboxylic acids is 2. The predicted molar refractivity (Wildman–Crippen MR) is 55.4 cm³/mol. The molecule has 0 spiro atoms. The molecule has 0 aliphatic carbocycles. The zero-order valence-corrected chi connectivity index (χ0v) is 8.95. The van der Waals surface area contributed by atoms with Gasteiger partial charge in [0.05, 0.1) is 6.07 Å². The number of hydrogen-bond acceptors (Lipinski definition) is 3. The van der Waals surface area contributed by atoms with Crippen molar-refractivity contribution < 1.29 is 9.59 Å². The maximum atomic E-state index is 11.4. The van der Waals surface area contributed by atoms with Crippen LogP contribution in [0.3, 0.4) is 0 Å². The van der Waals surface area contributed by atoms with Gasteiger partial charge in [-0.25, -0.2) is 0 Å². The normalized spacial score (nSPS) is 11.5. The summed E-state index contributed by atoms with van der Waals surface area (Å²) in [5, 5.41) is 11.3. The standard InChI is InChI=1S/C10H17N3O2/c1-2-4-8(7-11)10(15)13-6-3-5-9(12)14/h8H,2-6H2,1H3,(H2,12,14)(H,13,15). The zero-order valence-electron chi connectivity index (χ0n) is 8.95. The third-order valence-corrected chi connectivity index (χ3v) is 1.95. The van der Waals surface area contributed by atoms with Crippen molar-refractivity contribution in [3.05, 3.63) is 0 Å². The van der Waals surface area contributed by atoms with E-state index in [4.69, 9.17) is 11.0 Å². The van der Waals surface area contributed by atoms with Crippen LogP contribution in [-0.4, -0.2) is 18.4 Å². The number of primary amides is 1. The van der Waals surface area contributed by atoms with Gasteiger partial charge in [-0.05, 0) is 12.8 Å². The Morgan fingerprint density at radius 3 is 2.67 bits per heavy atom. The van der Waals surface area contributed by atoms with Gasteiger partial charge in [0.25, 0.3) is 0 Å². The lowest BCUT2D eigenvalue weighted by Crippen LogP contribution is -2.31. The summed E-state index contributed by atoms with van der Waals surface area (Å²) in [6, 6.07) is 1.95. The first-order valence-electron chi connectivity index (χ1n) is 5.07. The SMILES string of the molecule is CCCC(C#N)C(=O)NCCCC(N)=O. The van der Waals surface area contributed by atoms with Crippen molar-refractivity contribution >= 4 is 11.8 Å². The average Bonchev–Trinajstić information content (AvgIpc) is 2.20. The summed E-state index contributed by atoms with van der Waals surface area (Å²) >= 11 is 0. The van der Waals surface area contributed by atoms with E-state index in [0.717, 1.165) is 6.42 Å². The van der Waals surface area contributed by atoms with Crippen molar-refractivity contribution in [1.29, 1.82) is 5.26 Å². The van der Waals surface area contributed by atoms with Crippen molar-refractivity contribution in [2.45, 2.75) is 32.6 Å². The van der Waals surface area contributed by atoms with Crippen LogP contribution in [0.25, 0.3) is 0 Å². The zero-order chi connectivity index (χ0) is 11.7. The molecule has 0 saturated heterocycles. The van der Waals surface area contributed by atoms with E-state index in [1.165, 1.54) is 0 Å². The summed E-state index contributed by atoms with van der Waals surface area (Å²) in [5.74, 6) is -1.22. The number of nitrogens with zero attached hydrogens (tertiary/aromatic N) is 1. The van der Waals surface area contributed by atoms with Crippen LogP contribution in [0.4, 0.5) is 0 Å². The number of hydrogen-bond donors (Lipinski definition) is 2. The van der Waals surface area contributed by atoms with E-state index in [1.807, 2.05) is 13.0 Å².